The van der Waals surface area contributed by atoms with Crippen molar-refractivity contribution in [2.24, 2.45) is 0 Å². The van der Waals surface area contributed by atoms with E-state index in [1.54, 1.807) is 19.1 Å². The quantitative estimate of drug-likeness (QED) is 0.504. The van der Waals surface area contributed by atoms with Crippen LogP contribution in [0.1, 0.15) is 24.1 Å². The molecule has 0 spiro atoms. The summed E-state index contributed by atoms with van der Waals surface area (Å²) in [5.41, 5.74) is 2.65. The van der Waals surface area contributed by atoms with Gasteiger partial charge in [-0.2, -0.15) is 4.68 Å². The summed E-state index contributed by atoms with van der Waals surface area (Å²) in [5, 5.41) is 28.6. The lowest BCUT2D eigenvalue weighted by Crippen LogP contribution is -2.34. The number of carbonyl (C=O) groups excluding carboxylic acids is 1. The maximum atomic E-state index is 13.1. The predicted molar refractivity (Wildman–Crippen MR) is 104 cm³/mol. The number of benzene rings is 2. The molecule has 0 bridgehead atoms. The van der Waals surface area contributed by atoms with Gasteiger partial charge in [0.05, 0.1) is 10.5 Å². The van der Waals surface area contributed by atoms with Gasteiger partial charge in [0.2, 0.25) is 5.95 Å². The Labute approximate surface area is 165 Å². The molecule has 146 valence electrons. The highest BCUT2D eigenvalue weighted by molar-refractivity contribution is 5.96. The molecule has 3 aromatic rings. The number of nitrogens with zero attached hydrogens (tertiary/aromatic N) is 5. The highest BCUT2D eigenvalue weighted by atomic mass is 16.6. The molecule has 4 rings (SSSR count). The highest BCUT2D eigenvalue weighted by Gasteiger charge is 2.34. The van der Waals surface area contributed by atoms with E-state index in [4.69, 9.17) is 0 Å². The molecule has 1 atom stereocenters. The largest absolute Gasteiger partial charge is 0.348 e. The number of carbonyl (C=O) groups is 1. The Morgan fingerprint density at radius 1 is 1.21 bits per heavy atom. The molecular weight excluding hydrogens is 374 g/mol. The zero-order chi connectivity index (χ0) is 20.4. The average molecular weight is 391 g/mol. The first kappa shape index (κ1) is 18.3. The maximum Gasteiger partial charge on any atom is 0.269 e. The number of hydrogen-bond acceptors (Lipinski definition) is 7. The van der Waals surface area contributed by atoms with Crippen LogP contribution < -0.4 is 10.6 Å². The number of nitro groups is 1. The SMILES string of the molecule is CC1=C(C(=O)NCc2ccccc2)C(c2ccc([N+](=O)[O-])cc2)n2nnnc2N1. The summed E-state index contributed by atoms with van der Waals surface area (Å²) in [4.78, 5) is 23.6. The lowest BCUT2D eigenvalue weighted by Gasteiger charge is -2.27. The minimum Gasteiger partial charge on any atom is -0.348 e. The summed E-state index contributed by atoms with van der Waals surface area (Å²) in [6, 6.07) is 15.0. The van der Waals surface area contributed by atoms with Gasteiger partial charge < -0.3 is 10.6 Å². The van der Waals surface area contributed by atoms with Crippen molar-refractivity contribution in [3.05, 3.63) is 87.1 Å². The van der Waals surface area contributed by atoms with E-state index in [2.05, 4.69) is 26.2 Å². The van der Waals surface area contributed by atoms with Gasteiger partial charge >= 0.3 is 0 Å². The molecule has 10 nitrogen and oxygen atoms in total. The number of nitro benzene ring substituents is 1. The van der Waals surface area contributed by atoms with Gasteiger partial charge in [-0.15, -0.1) is 0 Å². The monoisotopic (exact) mass is 391 g/mol. The van der Waals surface area contributed by atoms with E-state index in [1.165, 1.54) is 16.8 Å². The van der Waals surface area contributed by atoms with E-state index in [0.717, 1.165) is 5.56 Å². The van der Waals surface area contributed by atoms with Gasteiger partial charge in [0.1, 0.15) is 6.04 Å². The number of anilines is 1. The van der Waals surface area contributed by atoms with E-state index >= 15 is 0 Å². The van der Waals surface area contributed by atoms with Crippen molar-refractivity contribution >= 4 is 17.5 Å². The smallest absolute Gasteiger partial charge is 0.269 e. The summed E-state index contributed by atoms with van der Waals surface area (Å²) in [7, 11) is 0. The number of hydrogen-bond donors (Lipinski definition) is 2. The molecule has 0 aliphatic carbocycles. The van der Waals surface area contributed by atoms with Crippen molar-refractivity contribution in [2.75, 3.05) is 5.32 Å². The van der Waals surface area contributed by atoms with Crippen LogP contribution in [0.3, 0.4) is 0 Å². The molecule has 0 radical (unpaired) electrons. The van der Waals surface area contributed by atoms with E-state index in [-0.39, 0.29) is 11.6 Å². The summed E-state index contributed by atoms with van der Waals surface area (Å²) in [6.07, 6.45) is 0. The predicted octanol–water partition coefficient (Wildman–Crippen LogP) is 2.19. The van der Waals surface area contributed by atoms with Gasteiger partial charge in [-0.3, -0.25) is 14.9 Å². The molecular formula is C19H17N7O3. The topological polar surface area (TPSA) is 128 Å². The molecule has 1 aromatic heterocycles. The van der Waals surface area contributed by atoms with Crippen LogP contribution in [0.2, 0.25) is 0 Å². The lowest BCUT2D eigenvalue weighted by atomic mass is 9.95. The number of tetrazole rings is 1. The third-order valence-electron chi connectivity index (χ3n) is 4.67. The van der Waals surface area contributed by atoms with Crippen molar-refractivity contribution in [3.63, 3.8) is 0 Å². The Kier molecular flexibility index (Phi) is 4.73. The molecule has 10 heteroatoms. The zero-order valence-corrected chi connectivity index (χ0v) is 15.4. The lowest BCUT2D eigenvalue weighted by molar-refractivity contribution is -0.384. The first-order valence-electron chi connectivity index (χ1n) is 8.86. The average Bonchev–Trinajstić information content (AvgIpc) is 3.20. The fraction of sp³-hybridized carbons (Fsp3) is 0.158. The number of aromatic nitrogens is 4. The Balaban J connectivity index is 1.68. The Bertz CT molecular complexity index is 1090. The maximum absolute atomic E-state index is 13.1. The normalized spacial score (nSPS) is 15.4. The molecule has 2 aromatic carbocycles. The van der Waals surface area contributed by atoms with Gasteiger partial charge in [0.25, 0.3) is 11.6 Å². The van der Waals surface area contributed by atoms with Crippen LogP contribution in [0.15, 0.2) is 65.9 Å². The van der Waals surface area contributed by atoms with E-state index in [0.29, 0.717) is 29.3 Å². The van der Waals surface area contributed by atoms with Gasteiger partial charge in [0, 0.05) is 24.4 Å². The van der Waals surface area contributed by atoms with Crippen molar-refractivity contribution in [1.82, 2.24) is 25.5 Å². The fourth-order valence-corrected chi connectivity index (χ4v) is 3.27. The number of nitrogens with one attached hydrogen (secondary N) is 2. The van der Waals surface area contributed by atoms with Crippen LogP contribution in [0.4, 0.5) is 11.6 Å². The minimum absolute atomic E-state index is 0.0320. The highest BCUT2D eigenvalue weighted by Crippen LogP contribution is 2.34. The van der Waals surface area contributed by atoms with Crippen LogP contribution in [0.25, 0.3) is 0 Å². The van der Waals surface area contributed by atoms with Gasteiger partial charge in [0.15, 0.2) is 0 Å². The van der Waals surface area contributed by atoms with Crippen molar-refractivity contribution in [2.45, 2.75) is 19.5 Å². The van der Waals surface area contributed by atoms with Crippen LogP contribution in [0.5, 0.6) is 0 Å². The summed E-state index contributed by atoms with van der Waals surface area (Å²) >= 11 is 0. The molecule has 1 aliphatic heterocycles. The number of amides is 1. The van der Waals surface area contributed by atoms with Gasteiger partial charge in [-0.1, -0.05) is 35.4 Å². The number of allylic oxidation sites excluding steroid dienone is 1. The molecule has 0 saturated heterocycles. The second-order valence-electron chi connectivity index (χ2n) is 6.53. The number of fused-ring (bicyclic) bond motifs is 1. The molecule has 0 saturated carbocycles. The third kappa shape index (κ3) is 3.55. The zero-order valence-electron chi connectivity index (χ0n) is 15.4. The van der Waals surface area contributed by atoms with Gasteiger partial charge in [-0.05, 0) is 40.6 Å². The first-order chi connectivity index (χ1) is 14.0. The molecule has 2 N–H and O–H groups in total. The molecule has 1 aliphatic rings. The first-order valence-corrected chi connectivity index (χ1v) is 8.86. The summed E-state index contributed by atoms with van der Waals surface area (Å²) < 4.78 is 1.49. The van der Waals surface area contributed by atoms with Crippen molar-refractivity contribution in [1.29, 1.82) is 0 Å². The fourth-order valence-electron chi connectivity index (χ4n) is 3.27. The third-order valence-corrected chi connectivity index (χ3v) is 4.67. The standard InChI is InChI=1S/C19H17N7O3/c1-12-16(18(27)20-11-13-5-3-2-4-6-13)17(25-19(21-12)22-23-24-25)14-7-9-15(10-8-14)26(28)29/h2-10,17H,11H2,1H3,(H,20,27)(H,21,22,24). The van der Waals surface area contributed by atoms with Crippen molar-refractivity contribution in [3.8, 4) is 0 Å². The van der Waals surface area contributed by atoms with Crippen LogP contribution in [-0.2, 0) is 11.3 Å². The molecule has 29 heavy (non-hydrogen) atoms. The van der Waals surface area contributed by atoms with E-state index in [1.807, 2.05) is 30.3 Å². The van der Waals surface area contributed by atoms with E-state index < -0.39 is 11.0 Å². The molecule has 0 fully saturated rings. The van der Waals surface area contributed by atoms with Crippen LogP contribution >= 0.6 is 0 Å². The molecule has 2 heterocycles. The second kappa shape index (κ2) is 7.50. The summed E-state index contributed by atoms with van der Waals surface area (Å²) in [5.74, 6) is 0.119. The second-order valence-corrected chi connectivity index (χ2v) is 6.53. The minimum atomic E-state index is -0.613. The van der Waals surface area contributed by atoms with E-state index in [9.17, 15) is 14.9 Å². The Morgan fingerprint density at radius 2 is 1.93 bits per heavy atom. The molecule has 1 unspecified atom stereocenters. The van der Waals surface area contributed by atoms with Gasteiger partial charge in [-0.25, -0.2) is 0 Å². The van der Waals surface area contributed by atoms with Crippen LogP contribution in [0, 0.1) is 10.1 Å². The van der Waals surface area contributed by atoms with Crippen molar-refractivity contribution < 1.29 is 9.72 Å². The Hall–Kier alpha value is -4.08. The number of rotatable bonds is 5. The number of non-ortho nitro benzene ring substituents is 1. The summed E-state index contributed by atoms with van der Waals surface area (Å²) in [6.45, 7) is 2.14. The van der Waals surface area contributed by atoms with Crippen LogP contribution in [-0.4, -0.2) is 31.0 Å². The molecule has 1 amide bonds. The Morgan fingerprint density at radius 3 is 2.62 bits per heavy atom.